The summed E-state index contributed by atoms with van der Waals surface area (Å²) in [4.78, 5) is 15.8. The summed E-state index contributed by atoms with van der Waals surface area (Å²) < 4.78 is 9.55. The van der Waals surface area contributed by atoms with Crippen molar-refractivity contribution in [3.8, 4) is 16.9 Å². The number of aliphatic hydroxyl groups is 1. The number of fused-ring (bicyclic) bond motifs is 2. The van der Waals surface area contributed by atoms with E-state index in [1.165, 1.54) is 0 Å². The number of benzene rings is 2. The number of nitrogens with zero attached hydrogens (tertiary/aromatic N) is 6. The molecule has 0 unspecified atom stereocenters. The molecule has 0 bridgehead atoms. The lowest BCUT2D eigenvalue weighted by Gasteiger charge is -2.36. The number of aromatic nitrogens is 5. The van der Waals surface area contributed by atoms with Crippen molar-refractivity contribution in [1.29, 1.82) is 0 Å². The van der Waals surface area contributed by atoms with Crippen LogP contribution in [0.15, 0.2) is 54.6 Å². The van der Waals surface area contributed by atoms with Crippen molar-refractivity contribution >= 4 is 44.0 Å². The van der Waals surface area contributed by atoms with Gasteiger partial charge in [0, 0.05) is 43.5 Å². The maximum atomic E-state index is 9.84. The summed E-state index contributed by atoms with van der Waals surface area (Å²) >= 11 is 1.61. The lowest BCUT2D eigenvalue weighted by molar-refractivity contribution is 0.0437. The number of likely N-dealkylation sites (N-methyl/N-ethyl adjacent to an activating group) is 1. The first kappa shape index (κ1) is 22.8. The number of aryl methyl sites for hydroxylation is 1. The summed E-state index contributed by atoms with van der Waals surface area (Å²) in [6.07, 6.45) is 7.00. The molecule has 10 heteroatoms. The summed E-state index contributed by atoms with van der Waals surface area (Å²) in [5.74, 6) is 1.41. The SMILES string of the molecule is CN1CC[C@H](Oc2cc(-c3cnn(C)c3)cc3ncnc(Nc4ccc5ncsc5c4)c23)C[C@@H]1CO. The van der Waals surface area contributed by atoms with Crippen molar-refractivity contribution in [2.24, 2.45) is 7.05 Å². The summed E-state index contributed by atoms with van der Waals surface area (Å²) in [6, 6.07) is 10.3. The van der Waals surface area contributed by atoms with Crippen molar-refractivity contribution in [3.05, 3.63) is 54.6 Å². The molecule has 1 aliphatic rings. The topological polar surface area (TPSA) is 101 Å². The molecule has 2 N–H and O–H groups in total. The van der Waals surface area contributed by atoms with Gasteiger partial charge in [-0.1, -0.05) is 0 Å². The van der Waals surface area contributed by atoms with E-state index in [0.717, 1.165) is 63.1 Å². The summed E-state index contributed by atoms with van der Waals surface area (Å²) in [5, 5.41) is 18.5. The number of ether oxygens (including phenoxy) is 1. The predicted octanol–water partition coefficient (Wildman–Crippen LogP) is 4.22. The molecule has 3 aromatic heterocycles. The van der Waals surface area contributed by atoms with Gasteiger partial charge < -0.3 is 20.1 Å². The van der Waals surface area contributed by atoms with Crippen LogP contribution >= 0.6 is 11.3 Å². The highest BCUT2D eigenvalue weighted by molar-refractivity contribution is 7.16. The highest BCUT2D eigenvalue weighted by atomic mass is 32.1. The van der Waals surface area contributed by atoms with Gasteiger partial charge in [0.15, 0.2) is 0 Å². The Hall–Kier alpha value is -3.60. The van der Waals surface area contributed by atoms with Gasteiger partial charge in [-0.05, 0) is 49.4 Å². The number of aliphatic hydroxyl groups excluding tert-OH is 1. The third-order valence-electron chi connectivity index (χ3n) is 6.80. The standard InChI is InChI=1S/C26H27N7O2S/c1-32-6-5-20(10-19(32)13-34)35-23-8-16(17-11-30-33(2)12-17)7-22-25(23)26(28-14-27-22)31-18-3-4-21-24(9-18)36-15-29-21/h3-4,7-9,11-12,14-15,19-20,34H,5-6,10,13H2,1-2H3,(H,27,28,31)/t19-,20+/m1/s1. The van der Waals surface area contributed by atoms with Crippen LogP contribution in [-0.4, -0.2) is 67.1 Å². The van der Waals surface area contributed by atoms with E-state index >= 15 is 0 Å². The molecular weight excluding hydrogens is 474 g/mol. The molecule has 0 aliphatic carbocycles. The maximum Gasteiger partial charge on any atom is 0.145 e. The second kappa shape index (κ2) is 9.45. The largest absolute Gasteiger partial charge is 0.489 e. The molecule has 9 nitrogen and oxygen atoms in total. The molecule has 1 fully saturated rings. The van der Waals surface area contributed by atoms with Crippen LogP contribution in [0.1, 0.15) is 12.8 Å². The number of hydrogen-bond acceptors (Lipinski definition) is 9. The van der Waals surface area contributed by atoms with E-state index in [4.69, 9.17) is 4.74 Å². The van der Waals surface area contributed by atoms with Crippen molar-refractivity contribution in [2.45, 2.75) is 25.0 Å². The van der Waals surface area contributed by atoms with Gasteiger partial charge in [-0.25, -0.2) is 15.0 Å². The van der Waals surface area contributed by atoms with E-state index in [1.807, 2.05) is 56.3 Å². The molecule has 4 heterocycles. The Labute approximate surface area is 212 Å². The fraction of sp³-hybridized carbons (Fsp3) is 0.308. The third-order valence-corrected chi connectivity index (χ3v) is 7.59. The van der Waals surface area contributed by atoms with Crippen molar-refractivity contribution < 1.29 is 9.84 Å². The van der Waals surface area contributed by atoms with Crippen LogP contribution < -0.4 is 10.1 Å². The highest BCUT2D eigenvalue weighted by Crippen LogP contribution is 2.38. The van der Waals surface area contributed by atoms with Crippen molar-refractivity contribution in [1.82, 2.24) is 29.6 Å². The molecule has 2 aromatic carbocycles. The fourth-order valence-electron chi connectivity index (χ4n) is 4.78. The van der Waals surface area contributed by atoms with Gasteiger partial charge in [-0.2, -0.15) is 5.10 Å². The van der Waals surface area contributed by atoms with Crippen LogP contribution in [0.5, 0.6) is 5.75 Å². The van der Waals surface area contributed by atoms with Crippen LogP contribution in [0.2, 0.25) is 0 Å². The molecule has 5 aromatic rings. The van der Waals surface area contributed by atoms with Gasteiger partial charge in [0.25, 0.3) is 0 Å². The fourth-order valence-corrected chi connectivity index (χ4v) is 5.50. The van der Waals surface area contributed by atoms with Crippen LogP contribution in [0.3, 0.4) is 0 Å². The number of rotatable bonds is 6. The summed E-state index contributed by atoms with van der Waals surface area (Å²) in [5.41, 5.74) is 6.51. The zero-order valence-electron chi connectivity index (χ0n) is 20.1. The molecule has 0 amide bonds. The zero-order valence-corrected chi connectivity index (χ0v) is 20.9. The van der Waals surface area contributed by atoms with Crippen LogP contribution in [0.25, 0.3) is 32.2 Å². The summed E-state index contributed by atoms with van der Waals surface area (Å²) in [7, 11) is 3.95. The van der Waals surface area contributed by atoms with E-state index < -0.39 is 0 Å². The first-order valence-corrected chi connectivity index (χ1v) is 12.8. The molecule has 36 heavy (non-hydrogen) atoms. The minimum atomic E-state index is -0.0210. The van der Waals surface area contributed by atoms with Crippen molar-refractivity contribution in [2.75, 3.05) is 25.5 Å². The monoisotopic (exact) mass is 501 g/mol. The average molecular weight is 502 g/mol. The molecule has 1 saturated heterocycles. The van der Waals surface area contributed by atoms with E-state index in [0.29, 0.717) is 5.82 Å². The van der Waals surface area contributed by atoms with Gasteiger partial charge in [0.1, 0.15) is 24.0 Å². The predicted molar refractivity (Wildman–Crippen MR) is 142 cm³/mol. The molecule has 6 rings (SSSR count). The molecule has 0 saturated carbocycles. The summed E-state index contributed by atoms with van der Waals surface area (Å²) in [6.45, 7) is 0.982. The molecule has 184 valence electrons. The number of likely N-dealkylation sites (tertiary alicyclic amines) is 1. The minimum Gasteiger partial charge on any atom is -0.489 e. The highest BCUT2D eigenvalue weighted by Gasteiger charge is 2.28. The molecule has 2 atom stereocenters. The quantitative estimate of drug-likeness (QED) is 0.357. The van der Waals surface area contributed by atoms with Gasteiger partial charge in [-0.3, -0.25) is 4.68 Å². The van der Waals surface area contributed by atoms with Crippen LogP contribution in [0.4, 0.5) is 11.5 Å². The molecule has 0 radical (unpaired) electrons. The minimum absolute atomic E-state index is 0.0210. The molecule has 1 aliphatic heterocycles. The van der Waals surface area contributed by atoms with Crippen LogP contribution in [0, 0.1) is 0 Å². The van der Waals surface area contributed by atoms with Gasteiger partial charge in [0.05, 0.1) is 39.4 Å². The lowest BCUT2D eigenvalue weighted by Crippen LogP contribution is -2.45. The first-order chi connectivity index (χ1) is 17.6. The van der Waals surface area contributed by atoms with Crippen LogP contribution in [-0.2, 0) is 7.05 Å². The Kier molecular flexibility index (Phi) is 6.00. The Morgan fingerprint density at radius 2 is 2.03 bits per heavy atom. The Balaban J connectivity index is 1.43. The number of nitrogens with one attached hydrogen (secondary N) is 1. The molecule has 0 spiro atoms. The average Bonchev–Trinajstić information content (AvgIpc) is 3.53. The second-order valence-corrected chi connectivity index (χ2v) is 10.1. The van der Waals surface area contributed by atoms with Gasteiger partial charge >= 0.3 is 0 Å². The number of piperidine rings is 1. The first-order valence-electron chi connectivity index (χ1n) is 11.9. The Morgan fingerprint density at radius 1 is 1.11 bits per heavy atom. The second-order valence-electron chi connectivity index (χ2n) is 9.23. The zero-order chi connectivity index (χ0) is 24.6. The Bertz CT molecular complexity index is 1530. The number of thiazole rings is 1. The number of hydrogen-bond donors (Lipinski definition) is 2. The Morgan fingerprint density at radius 3 is 2.86 bits per heavy atom. The van der Waals surface area contributed by atoms with Gasteiger partial charge in [-0.15, -0.1) is 11.3 Å². The smallest absolute Gasteiger partial charge is 0.145 e. The van der Waals surface area contributed by atoms with E-state index in [2.05, 4.69) is 36.3 Å². The van der Waals surface area contributed by atoms with Gasteiger partial charge in [0.2, 0.25) is 0 Å². The van der Waals surface area contributed by atoms with Crippen molar-refractivity contribution in [3.63, 3.8) is 0 Å². The molecular formula is C26H27N7O2S. The van der Waals surface area contributed by atoms with E-state index in [9.17, 15) is 5.11 Å². The van der Waals surface area contributed by atoms with E-state index in [-0.39, 0.29) is 18.8 Å². The lowest BCUT2D eigenvalue weighted by atomic mass is 10.00. The normalized spacial score (nSPS) is 18.6. The maximum absolute atomic E-state index is 9.84. The third kappa shape index (κ3) is 4.39. The van der Waals surface area contributed by atoms with E-state index in [1.54, 1.807) is 22.3 Å². The number of anilines is 2.